The van der Waals surface area contributed by atoms with Gasteiger partial charge in [-0.2, -0.15) is 5.10 Å². The quantitative estimate of drug-likeness (QED) is 0.695. The van der Waals surface area contributed by atoms with Gasteiger partial charge < -0.3 is 14.2 Å². The van der Waals surface area contributed by atoms with Crippen molar-refractivity contribution in [1.82, 2.24) is 20.1 Å². The van der Waals surface area contributed by atoms with Gasteiger partial charge in [-0.05, 0) is 44.0 Å². The van der Waals surface area contributed by atoms with Gasteiger partial charge in [-0.25, -0.2) is 4.98 Å². The highest BCUT2D eigenvalue weighted by molar-refractivity contribution is 5.93. The number of oxazole rings is 1. The number of hydrogen-bond acceptors (Lipinski definition) is 6. The summed E-state index contributed by atoms with van der Waals surface area (Å²) < 4.78 is 5.83. The van der Waals surface area contributed by atoms with E-state index in [2.05, 4.69) is 20.1 Å². The smallest absolute Gasteiger partial charge is 0.291 e. The minimum Gasteiger partial charge on any atom is -0.431 e. The lowest BCUT2D eigenvalue weighted by molar-refractivity contribution is 0.0681. The number of piperidine rings is 1. The Morgan fingerprint density at radius 3 is 2.57 bits per heavy atom. The average Bonchev–Trinajstić information content (AvgIpc) is 3.16. The lowest BCUT2D eigenvalue weighted by Crippen LogP contribution is -2.46. The Balaban J connectivity index is 1.43. The molecule has 1 aromatic carbocycles. The molecule has 144 valence electrons. The molecule has 4 rings (SSSR count). The fourth-order valence-corrected chi connectivity index (χ4v) is 3.57. The zero-order valence-electron chi connectivity index (χ0n) is 16.1. The second kappa shape index (κ2) is 7.80. The molecule has 0 bridgehead atoms. The van der Waals surface area contributed by atoms with Crippen molar-refractivity contribution in [2.45, 2.75) is 25.8 Å². The summed E-state index contributed by atoms with van der Waals surface area (Å²) in [5.41, 5.74) is 1.50. The van der Waals surface area contributed by atoms with E-state index in [1.54, 1.807) is 6.20 Å². The van der Waals surface area contributed by atoms with Gasteiger partial charge in [0.2, 0.25) is 11.7 Å². The third kappa shape index (κ3) is 3.60. The lowest BCUT2D eigenvalue weighted by Gasteiger charge is -2.36. The molecule has 0 saturated carbocycles. The maximum atomic E-state index is 13.0. The first-order valence-corrected chi connectivity index (χ1v) is 9.46. The highest BCUT2D eigenvalue weighted by Crippen LogP contribution is 2.25. The molecule has 1 fully saturated rings. The highest BCUT2D eigenvalue weighted by Gasteiger charge is 2.29. The van der Waals surface area contributed by atoms with E-state index in [-0.39, 0.29) is 5.91 Å². The summed E-state index contributed by atoms with van der Waals surface area (Å²) >= 11 is 0. The van der Waals surface area contributed by atoms with Gasteiger partial charge in [0.1, 0.15) is 0 Å². The molecule has 1 aliphatic rings. The molecule has 1 amide bonds. The summed E-state index contributed by atoms with van der Waals surface area (Å²) in [6.07, 6.45) is 3.41. The Morgan fingerprint density at radius 2 is 1.89 bits per heavy atom. The number of aryl methyl sites for hydroxylation is 1. The van der Waals surface area contributed by atoms with Crippen LogP contribution in [0.2, 0.25) is 0 Å². The van der Waals surface area contributed by atoms with Crippen molar-refractivity contribution in [3.8, 4) is 11.5 Å². The first-order chi connectivity index (χ1) is 13.6. The van der Waals surface area contributed by atoms with Crippen LogP contribution >= 0.6 is 0 Å². The molecule has 0 unspecified atom stereocenters. The van der Waals surface area contributed by atoms with Crippen LogP contribution < -0.4 is 4.90 Å². The van der Waals surface area contributed by atoms with E-state index in [1.165, 1.54) is 0 Å². The monoisotopic (exact) mass is 377 g/mol. The van der Waals surface area contributed by atoms with Crippen molar-refractivity contribution in [2.75, 3.05) is 25.0 Å². The Hall–Kier alpha value is -3.22. The Morgan fingerprint density at radius 1 is 1.14 bits per heavy atom. The molecular weight excluding hydrogens is 354 g/mol. The van der Waals surface area contributed by atoms with Crippen LogP contribution in [0.25, 0.3) is 11.5 Å². The Kier molecular flexibility index (Phi) is 5.06. The molecule has 7 heteroatoms. The van der Waals surface area contributed by atoms with Gasteiger partial charge in [0, 0.05) is 37.9 Å². The molecule has 1 aliphatic heterocycles. The number of carbonyl (C=O) groups excluding carboxylic acids is 1. The SMILES string of the molecule is Cc1nc(-c2ccccc2)oc1C(=O)N1CCC(N(C)c2cccnn2)CC1. The summed E-state index contributed by atoms with van der Waals surface area (Å²) in [7, 11) is 2.03. The van der Waals surface area contributed by atoms with Crippen molar-refractivity contribution in [3.63, 3.8) is 0 Å². The average molecular weight is 377 g/mol. The van der Waals surface area contributed by atoms with E-state index in [0.29, 0.717) is 36.5 Å². The number of anilines is 1. The topological polar surface area (TPSA) is 75.4 Å². The number of benzene rings is 1. The molecule has 0 N–H and O–H groups in total. The van der Waals surface area contributed by atoms with Crippen molar-refractivity contribution in [2.24, 2.45) is 0 Å². The summed E-state index contributed by atoms with van der Waals surface area (Å²) in [6.45, 7) is 3.17. The third-order valence-corrected chi connectivity index (χ3v) is 5.23. The predicted molar refractivity (Wildman–Crippen MR) is 106 cm³/mol. The van der Waals surface area contributed by atoms with Crippen molar-refractivity contribution in [1.29, 1.82) is 0 Å². The Bertz CT molecular complexity index is 934. The van der Waals surface area contributed by atoms with E-state index in [0.717, 1.165) is 24.2 Å². The van der Waals surface area contributed by atoms with E-state index in [1.807, 2.05) is 61.3 Å². The molecule has 3 heterocycles. The minimum absolute atomic E-state index is 0.0900. The number of nitrogens with zero attached hydrogens (tertiary/aromatic N) is 5. The normalized spacial score (nSPS) is 14.9. The number of rotatable bonds is 4. The van der Waals surface area contributed by atoms with Crippen molar-refractivity contribution in [3.05, 3.63) is 60.1 Å². The second-order valence-electron chi connectivity index (χ2n) is 7.02. The molecule has 0 atom stereocenters. The fourth-order valence-electron chi connectivity index (χ4n) is 3.57. The predicted octanol–water partition coefficient (Wildman–Crippen LogP) is 3.18. The van der Waals surface area contributed by atoms with E-state index >= 15 is 0 Å². The maximum Gasteiger partial charge on any atom is 0.291 e. The van der Waals surface area contributed by atoms with E-state index in [4.69, 9.17) is 4.42 Å². The first kappa shape index (κ1) is 18.2. The van der Waals surface area contributed by atoms with Gasteiger partial charge in [-0.1, -0.05) is 18.2 Å². The molecular formula is C21H23N5O2. The second-order valence-corrected chi connectivity index (χ2v) is 7.02. The van der Waals surface area contributed by atoms with Crippen LogP contribution in [0, 0.1) is 6.92 Å². The highest BCUT2D eigenvalue weighted by atomic mass is 16.4. The van der Waals surface area contributed by atoms with Gasteiger partial charge in [0.05, 0.1) is 5.69 Å². The van der Waals surface area contributed by atoms with Gasteiger partial charge in [0.15, 0.2) is 5.82 Å². The number of hydrogen-bond donors (Lipinski definition) is 0. The van der Waals surface area contributed by atoms with Crippen LogP contribution in [0.15, 0.2) is 53.1 Å². The van der Waals surface area contributed by atoms with Gasteiger partial charge in [-0.3, -0.25) is 4.79 Å². The summed E-state index contributed by atoms with van der Waals surface area (Å²) in [4.78, 5) is 21.4. The number of carbonyl (C=O) groups is 1. The van der Waals surface area contributed by atoms with Crippen molar-refractivity contribution >= 4 is 11.7 Å². The van der Waals surface area contributed by atoms with Crippen LogP contribution in [0.5, 0.6) is 0 Å². The minimum atomic E-state index is -0.0900. The van der Waals surface area contributed by atoms with Crippen LogP contribution in [0.3, 0.4) is 0 Å². The fraction of sp³-hybridized carbons (Fsp3) is 0.333. The molecule has 1 saturated heterocycles. The zero-order chi connectivity index (χ0) is 19.5. The molecule has 0 aliphatic carbocycles. The van der Waals surface area contributed by atoms with Gasteiger partial charge >= 0.3 is 0 Å². The summed E-state index contributed by atoms with van der Waals surface area (Å²) in [6, 6.07) is 13.8. The van der Waals surface area contributed by atoms with Crippen LogP contribution in [0.1, 0.15) is 29.1 Å². The standard InChI is InChI=1S/C21H23N5O2/c1-15-19(28-20(23-15)16-7-4-3-5-8-16)21(27)26-13-10-17(11-14-26)25(2)18-9-6-12-22-24-18/h3-9,12,17H,10-11,13-14H2,1-2H3. The Labute approximate surface area is 164 Å². The van der Waals surface area contributed by atoms with Crippen LogP contribution in [-0.4, -0.2) is 52.2 Å². The van der Waals surface area contributed by atoms with Crippen LogP contribution in [0.4, 0.5) is 5.82 Å². The molecule has 7 nitrogen and oxygen atoms in total. The number of aromatic nitrogens is 3. The number of likely N-dealkylation sites (tertiary alicyclic amines) is 1. The lowest BCUT2D eigenvalue weighted by atomic mass is 10.0. The largest absolute Gasteiger partial charge is 0.431 e. The summed E-state index contributed by atoms with van der Waals surface area (Å²) in [5.74, 6) is 1.58. The van der Waals surface area contributed by atoms with E-state index < -0.39 is 0 Å². The third-order valence-electron chi connectivity index (χ3n) is 5.23. The molecule has 0 radical (unpaired) electrons. The van der Waals surface area contributed by atoms with E-state index in [9.17, 15) is 4.79 Å². The van der Waals surface area contributed by atoms with Crippen LogP contribution in [-0.2, 0) is 0 Å². The van der Waals surface area contributed by atoms with Gasteiger partial charge in [0.25, 0.3) is 5.91 Å². The number of amides is 1. The maximum absolute atomic E-state index is 13.0. The molecule has 28 heavy (non-hydrogen) atoms. The molecule has 0 spiro atoms. The first-order valence-electron chi connectivity index (χ1n) is 9.46. The zero-order valence-corrected chi connectivity index (χ0v) is 16.1. The summed E-state index contributed by atoms with van der Waals surface area (Å²) in [5, 5.41) is 8.12. The van der Waals surface area contributed by atoms with Crippen molar-refractivity contribution < 1.29 is 9.21 Å². The van der Waals surface area contributed by atoms with Gasteiger partial charge in [-0.15, -0.1) is 5.10 Å². The molecule has 3 aromatic rings. The molecule has 2 aromatic heterocycles.